The number of aromatic nitrogens is 3. The van der Waals surface area contributed by atoms with Gasteiger partial charge < -0.3 is 14.4 Å². The largest absolute Gasteiger partial charge is 0.496 e. The molecule has 1 aromatic carbocycles. The molecule has 34 heavy (non-hydrogen) atoms. The van der Waals surface area contributed by atoms with Gasteiger partial charge in [0.1, 0.15) is 18.1 Å². The number of fused-ring (bicyclic) bond motifs is 3. The summed E-state index contributed by atoms with van der Waals surface area (Å²) in [4.78, 5) is 19.5. The monoisotopic (exact) mass is 474 g/mol. The van der Waals surface area contributed by atoms with Crippen LogP contribution < -0.4 is 9.47 Å². The lowest BCUT2D eigenvalue weighted by molar-refractivity contribution is 0.0646. The maximum absolute atomic E-state index is 13.5. The SMILES string of the molecule is COc1cc2c(cc1-c1cccnc1)-c1c(c(C(=O)N(C)C(C)(C)C)nn1-c1ccsc1)CO2. The molecule has 4 heterocycles. The molecule has 1 aliphatic rings. The lowest BCUT2D eigenvalue weighted by atomic mass is 9.96. The smallest absolute Gasteiger partial charge is 0.274 e. The van der Waals surface area contributed by atoms with E-state index < -0.39 is 0 Å². The van der Waals surface area contributed by atoms with Gasteiger partial charge in [-0.3, -0.25) is 9.78 Å². The van der Waals surface area contributed by atoms with Crippen LogP contribution in [0.25, 0.3) is 28.1 Å². The predicted molar refractivity (Wildman–Crippen MR) is 133 cm³/mol. The van der Waals surface area contributed by atoms with Crippen LogP contribution in [0.3, 0.4) is 0 Å². The van der Waals surface area contributed by atoms with Crippen LogP contribution in [0.5, 0.6) is 11.5 Å². The van der Waals surface area contributed by atoms with Gasteiger partial charge in [-0.25, -0.2) is 4.68 Å². The predicted octanol–water partition coefficient (Wildman–Crippen LogP) is 5.43. The molecule has 0 fully saturated rings. The molecule has 1 aliphatic heterocycles. The second-order valence-electron chi connectivity index (χ2n) is 9.18. The fourth-order valence-electron chi connectivity index (χ4n) is 4.00. The Morgan fingerprint density at radius 1 is 1.24 bits per heavy atom. The zero-order valence-electron chi connectivity index (χ0n) is 19.8. The van der Waals surface area contributed by atoms with Gasteiger partial charge in [0, 0.05) is 58.7 Å². The number of methoxy groups -OCH3 is 1. The average molecular weight is 475 g/mol. The van der Waals surface area contributed by atoms with Crippen molar-refractivity contribution in [3.8, 4) is 39.6 Å². The standard InChI is InChI=1S/C26H26N4O3S/c1-26(2,3)29(4)25(31)23-20-14-33-22-12-21(32-5)18(16-7-6-9-27-13-16)11-19(22)24(20)30(28-23)17-8-10-34-15-17/h6-13,15H,14H2,1-5H3. The quantitative estimate of drug-likeness (QED) is 0.394. The van der Waals surface area contributed by atoms with Crippen LogP contribution in [0, 0.1) is 0 Å². The number of carbonyl (C=O) groups is 1. The zero-order chi connectivity index (χ0) is 24.0. The lowest BCUT2D eigenvalue weighted by Gasteiger charge is -2.31. The van der Waals surface area contributed by atoms with Gasteiger partial charge in [0.05, 0.1) is 18.5 Å². The number of thiophene rings is 1. The summed E-state index contributed by atoms with van der Waals surface area (Å²) in [5, 5.41) is 8.85. The van der Waals surface area contributed by atoms with E-state index in [0.717, 1.165) is 33.6 Å². The van der Waals surface area contributed by atoms with E-state index in [2.05, 4.69) is 4.98 Å². The molecule has 0 bridgehead atoms. The first-order chi connectivity index (χ1) is 16.3. The van der Waals surface area contributed by atoms with Gasteiger partial charge in [0.15, 0.2) is 5.69 Å². The maximum Gasteiger partial charge on any atom is 0.274 e. The van der Waals surface area contributed by atoms with E-state index >= 15 is 0 Å². The third kappa shape index (κ3) is 3.64. The second kappa shape index (κ2) is 8.29. The number of carbonyl (C=O) groups excluding carboxylic acids is 1. The van der Waals surface area contributed by atoms with Crippen molar-refractivity contribution < 1.29 is 14.3 Å². The molecule has 0 N–H and O–H groups in total. The molecule has 0 radical (unpaired) electrons. The molecule has 3 aromatic heterocycles. The van der Waals surface area contributed by atoms with Crippen molar-refractivity contribution >= 4 is 17.2 Å². The topological polar surface area (TPSA) is 69.5 Å². The first-order valence-corrected chi connectivity index (χ1v) is 11.9. The van der Waals surface area contributed by atoms with E-state index in [1.807, 2.05) is 66.5 Å². The highest BCUT2D eigenvalue weighted by Gasteiger charge is 2.34. The van der Waals surface area contributed by atoms with Crippen LogP contribution in [0.15, 0.2) is 53.5 Å². The Hall–Kier alpha value is -3.65. The van der Waals surface area contributed by atoms with Crippen LogP contribution >= 0.6 is 11.3 Å². The highest BCUT2D eigenvalue weighted by molar-refractivity contribution is 7.08. The van der Waals surface area contributed by atoms with Gasteiger partial charge in [-0.2, -0.15) is 16.4 Å². The molecule has 0 saturated carbocycles. The highest BCUT2D eigenvalue weighted by atomic mass is 32.1. The third-order valence-electron chi connectivity index (χ3n) is 6.15. The molecule has 5 rings (SSSR count). The molecule has 8 heteroatoms. The number of ether oxygens (including phenoxy) is 2. The minimum atomic E-state index is -0.343. The maximum atomic E-state index is 13.5. The van der Waals surface area contributed by atoms with Crippen LogP contribution in [0.4, 0.5) is 0 Å². The molecule has 0 atom stereocenters. The average Bonchev–Trinajstić information content (AvgIpc) is 3.50. The second-order valence-corrected chi connectivity index (χ2v) is 9.96. The van der Waals surface area contributed by atoms with Gasteiger partial charge >= 0.3 is 0 Å². The van der Waals surface area contributed by atoms with Crippen molar-refractivity contribution in [2.45, 2.75) is 32.9 Å². The molecule has 0 aliphatic carbocycles. The molecule has 0 spiro atoms. The molecule has 7 nitrogen and oxygen atoms in total. The van der Waals surface area contributed by atoms with Gasteiger partial charge in [-0.05, 0) is 44.4 Å². The van der Waals surface area contributed by atoms with E-state index in [1.165, 1.54) is 0 Å². The summed E-state index contributed by atoms with van der Waals surface area (Å²) in [5.74, 6) is 1.25. The number of nitrogens with zero attached hydrogens (tertiary/aromatic N) is 4. The molecule has 0 unspecified atom stereocenters. The number of hydrogen-bond donors (Lipinski definition) is 0. The van der Waals surface area contributed by atoms with Gasteiger partial charge in [0.25, 0.3) is 5.91 Å². The minimum absolute atomic E-state index is 0.134. The van der Waals surface area contributed by atoms with E-state index in [-0.39, 0.29) is 18.1 Å². The molecule has 0 saturated heterocycles. The Kier molecular flexibility index (Phi) is 5.40. The first kappa shape index (κ1) is 22.2. The fraction of sp³-hybridized carbons (Fsp3) is 0.269. The minimum Gasteiger partial charge on any atom is -0.496 e. The zero-order valence-corrected chi connectivity index (χ0v) is 20.6. The van der Waals surface area contributed by atoms with Crippen molar-refractivity contribution in [3.05, 3.63) is 64.7 Å². The van der Waals surface area contributed by atoms with Gasteiger partial charge in [0.2, 0.25) is 0 Å². The normalized spacial score (nSPS) is 12.5. The Morgan fingerprint density at radius 2 is 2.06 bits per heavy atom. The van der Waals surface area contributed by atoms with E-state index in [1.54, 1.807) is 42.8 Å². The summed E-state index contributed by atoms with van der Waals surface area (Å²) >= 11 is 1.59. The highest BCUT2D eigenvalue weighted by Crippen LogP contribution is 2.46. The Labute approximate surface area is 202 Å². The molecule has 4 aromatic rings. The number of hydrogen-bond acceptors (Lipinski definition) is 6. The Morgan fingerprint density at radius 3 is 2.71 bits per heavy atom. The first-order valence-electron chi connectivity index (χ1n) is 11.0. The summed E-state index contributed by atoms with van der Waals surface area (Å²) in [6, 6.07) is 9.82. The van der Waals surface area contributed by atoms with Gasteiger partial charge in [-0.1, -0.05) is 6.07 Å². The molecule has 174 valence electrons. The molecular weight excluding hydrogens is 448 g/mol. The van der Waals surface area contributed by atoms with Crippen LogP contribution in [-0.2, 0) is 6.61 Å². The third-order valence-corrected chi connectivity index (χ3v) is 6.82. The van der Waals surface area contributed by atoms with Crippen molar-refractivity contribution in [1.82, 2.24) is 19.7 Å². The van der Waals surface area contributed by atoms with Crippen molar-refractivity contribution in [1.29, 1.82) is 0 Å². The summed E-state index contributed by atoms with van der Waals surface area (Å²) < 4.78 is 13.7. The van der Waals surface area contributed by atoms with Crippen molar-refractivity contribution in [3.63, 3.8) is 0 Å². The fourth-order valence-corrected chi connectivity index (χ4v) is 4.61. The van der Waals surface area contributed by atoms with E-state index in [0.29, 0.717) is 17.2 Å². The number of amides is 1. The summed E-state index contributed by atoms with van der Waals surface area (Å²) in [6.45, 7) is 6.27. The summed E-state index contributed by atoms with van der Waals surface area (Å²) in [7, 11) is 3.45. The molecular formula is C26H26N4O3S. The Bertz CT molecular complexity index is 1360. The van der Waals surface area contributed by atoms with Gasteiger partial charge in [-0.15, -0.1) is 0 Å². The number of benzene rings is 1. The number of pyridine rings is 1. The Balaban J connectivity index is 1.75. The molecule has 1 amide bonds. The van der Waals surface area contributed by atoms with E-state index in [4.69, 9.17) is 14.6 Å². The van der Waals surface area contributed by atoms with Crippen LogP contribution in [0.1, 0.15) is 36.8 Å². The summed E-state index contributed by atoms with van der Waals surface area (Å²) in [5.41, 5.74) is 5.29. The van der Waals surface area contributed by atoms with Crippen LogP contribution in [0.2, 0.25) is 0 Å². The van der Waals surface area contributed by atoms with E-state index in [9.17, 15) is 4.79 Å². The lowest BCUT2D eigenvalue weighted by Crippen LogP contribution is -2.43. The van der Waals surface area contributed by atoms with Crippen LogP contribution in [-0.4, -0.2) is 45.3 Å². The van der Waals surface area contributed by atoms with Crippen molar-refractivity contribution in [2.24, 2.45) is 0 Å². The summed E-state index contributed by atoms with van der Waals surface area (Å²) in [6.07, 6.45) is 3.54. The number of rotatable bonds is 4. The van der Waals surface area contributed by atoms with Crippen molar-refractivity contribution in [2.75, 3.05) is 14.2 Å².